The Balaban J connectivity index is 1.15. The molecule has 2 atom stereocenters. The van der Waals surface area contributed by atoms with Crippen molar-refractivity contribution in [1.82, 2.24) is 10.3 Å². The molecule has 188 valence electrons. The van der Waals surface area contributed by atoms with Gasteiger partial charge in [0.1, 0.15) is 11.7 Å². The van der Waals surface area contributed by atoms with Crippen LogP contribution in [0.2, 0.25) is 0 Å². The van der Waals surface area contributed by atoms with Gasteiger partial charge in [-0.1, -0.05) is 18.2 Å². The quantitative estimate of drug-likeness (QED) is 0.648. The largest absolute Gasteiger partial charge is 0.355 e. The number of nitrogens with one attached hydrogen (secondary N) is 1. The molecule has 2 N–H and O–H groups in total. The lowest BCUT2D eigenvalue weighted by Crippen LogP contribution is -2.41. The molecule has 8 nitrogen and oxygen atoms in total. The lowest BCUT2D eigenvalue weighted by atomic mass is 10.0. The highest BCUT2D eigenvalue weighted by molar-refractivity contribution is 6.00. The number of amidine groups is 1. The maximum absolute atomic E-state index is 15.3. The number of hydrazone groups is 1. The zero-order chi connectivity index (χ0) is 24.8. The Kier molecular flexibility index (Phi) is 5.87. The molecule has 0 bridgehead atoms. The van der Waals surface area contributed by atoms with E-state index in [0.717, 1.165) is 50.0 Å². The molecule has 6 rings (SSSR count). The molecule has 36 heavy (non-hydrogen) atoms. The number of anilines is 2. The van der Waals surface area contributed by atoms with Crippen molar-refractivity contribution >= 4 is 29.0 Å². The smallest absolute Gasteiger partial charge is 0.227 e. The van der Waals surface area contributed by atoms with E-state index >= 15 is 4.39 Å². The van der Waals surface area contributed by atoms with Gasteiger partial charge in [0.2, 0.25) is 18.2 Å². The van der Waals surface area contributed by atoms with Crippen molar-refractivity contribution in [3.8, 4) is 11.1 Å². The second kappa shape index (κ2) is 9.20. The van der Waals surface area contributed by atoms with Gasteiger partial charge < -0.3 is 14.9 Å². The summed E-state index contributed by atoms with van der Waals surface area (Å²) in [6.45, 7) is 2.16. The number of likely N-dealkylation sites (tertiary alicyclic amines) is 1. The number of amides is 2. The van der Waals surface area contributed by atoms with Crippen LogP contribution in [0, 0.1) is 17.7 Å². The highest BCUT2D eigenvalue weighted by Gasteiger charge is 2.38. The standard InChI is InChI=1S/C27H30FN5O3/c28-22-15-20(18-5-8-21(9-6-18)32-12-1-2-25(32)34)7-10-23(22)33-24(29-30-27(33)36)14-17-11-13-31(16-17)26(35)19-3-4-19/h5-10,15,17,19,27,30,36H,1-4,11-14,16H2/t17-,27?/m0/s1. The summed E-state index contributed by atoms with van der Waals surface area (Å²) < 4.78 is 15.3. The Bertz CT molecular complexity index is 1210. The minimum atomic E-state index is -1.15. The Morgan fingerprint density at radius 1 is 1.08 bits per heavy atom. The molecule has 9 heteroatoms. The van der Waals surface area contributed by atoms with E-state index in [1.165, 1.54) is 11.0 Å². The first-order valence-electron chi connectivity index (χ1n) is 12.8. The molecule has 2 aromatic carbocycles. The van der Waals surface area contributed by atoms with Gasteiger partial charge >= 0.3 is 0 Å². The van der Waals surface area contributed by atoms with Gasteiger partial charge in [0, 0.05) is 44.1 Å². The Morgan fingerprint density at radius 3 is 2.56 bits per heavy atom. The van der Waals surface area contributed by atoms with Crippen LogP contribution < -0.4 is 15.2 Å². The molecular formula is C27H30FN5O3. The number of nitrogens with zero attached hydrogens (tertiary/aromatic N) is 4. The second-order valence-corrected chi connectivity index (χ2v) is 10.2. The summed E-state index contributed by atoms with van der Waals surface area (Å²) in [4.78, 5) is 29.6. The lowest BCUT2D eigenvalue weighted by molar-refractivity contribution is -0.131. The molecule has 2 amide bonds. The number of rotatable bonds is 6. The summed E-state index contributed by atoms with van der Waals surface area (Å²) >= 11 is 0. The summed E-state index contributed by atoms with van der Waals surface area (Å²) in [7, 11) is 0. The molecule has 0 spiro atoms. The molecule has 3 heterocycles. The van der Waals surface area contributed by atoms with E-state index in [4.69, 9.17) is 0 Å². The third-order valence-corrected chi connectivity index (χ3v) is 7.62. The van der Waals surface area contributed by atoms with Crippen LogP contribution in [0.3, 0.4) is 0 Å². The second-order valence-electron chi connectivity index (χ2n) is 10.2. The van der Waals surface area contributed by atoms with E-state index in [1.807, 2.05) is 35.2 Å². The molecular weight excluding hydrogens is 461 g/mol. The minimum Gasteiger partial charge on any atom is -0.355 e. The van der Waals surface area contributed by atoms with Gasteiger partial charge in [0.15, 0.2) is 0 Å². The van der Waals surface area contributed by atoms with E-state index in [-0.39, 0.29) is 29.3 Å². The molecule has 2 saturated heterocycles. The van der Waals surface area contributed by atoms with Gasteiger partial charge in [-0.15, -0.1) is 0 Å². The number of halogens is 1. The Hall–Kier alpha value is -3.46. The summed E-state index contributed by atoms with van der Waals surface area (Å²) in [5.74, 6) is 0.928. The van der Waals surface area contributed by atoms with E-state index in [9.17, 15) is 14.7 Å². The highest BCUT2D eigenvalue weighted by Crippen LogP contribution is 2.35. The van der Waals surface area contributed by atoms with E-state index in [1.54, 1.807) is 11.0 Å². The van der Waals surface area contributed by atoms with Crippen LogP contribution >= 0.6 is 0 Å². The molecule has 0 radical (unpaired) electrons. The molecule has 1 saturated carbocycles. The molecule has 3 fully saturated rings. The van der Waals surface area contributed by atoms with Crippen molar-refractivity contribution in [2.24, 2.45) is 16.9 Å². The number of hydrogen-bond acceptors (Lipinski definition) is 6. The zero-order valence-corrected chi connectivity index (χ0v) is 20.1. The van der Waals surface area contributed by atoms with Gasteiger partial charge in [0.25, 0.3) is 0 Å². The first-order valence-corrected chi connectivity index (χ1v) is 12.8. The fourth-order valence-corrected chi connectivity index (χ4v) is 5.48. The molecule has 1 unspecified atom stereocenters. The molecule has 3 aliphatic heterocycles. The maximum atomic E-state index is 15.3. The maximum Gasteiger partial charge on any atom is 0.227 e. The van der Waals surface area contributed by atoms with Crippen molar-refractivity contribution in [3.05, 3.63) is 48.3 Å². The minimum absolute atomic E-state index is 0.133. The summed E-state index contributed by atoms with van der Waals surface area (Å²) in [6, 6.07) is 12.5. The first-order chi connectivity index (χ1) is 17.5. The van der Waals surface area contributed by atoms with Gasteiger partial charge in [-0.25, -0.2) is 4.39 Å². The van der Waals surface area contributed by atoms with Gasteiger partial charge in [-0.05, 0) is 67.0 Å². The fourth-order valence-electron chi connectivity index (χ4n) is 5.48. The molecule has 4 aliphatic rings. The summed E-state index contributed by atoms with van der Waals surface area (Å²) in [5.41, 5.74) is 5.31. The number of aliphatic hydroxyl groups excluding tert-OH is 1. The zero-order valence-electron chi connectivity index (χ0n) is 20.1. The number of hydrogen-bond donors (Lipinski definition) is 2. The van der Waals surface area contributed by atoms with Crippen LogP contribution in [-0.2, 0) is 9.59 Å². The van der Waals surface area contributed by atoms with Crippen molar-refractivity contribution in [2.45, 2.75) is 44.9 Å². The molecule has 0 aromatic heterocycles. The number of aliphatic hydroxyl groups is 1. The van der Waals surface area contributed by atoms with Crippen LogP contribution in [0.5, 0.6) is 0 Å². The Morgan fingerprint density at radius 2 is 1.86 bits per heavy atom. The van der Waals surface area contributed by atoms with Gasteiger partial charge in [0.05, 0.1) is 5.69 Å². The van der Waals surface area contributed by atoms with Gasteiger partial charge in [-0.3, -0.25) is 19.9 Å². The third-order valence-electron chi connectivity index (χ3n) is 7.62. The highest BCUT2D eigenvalue weighted by atomic mass is 19.1. The van der Waals surface area contributed by atoms with Crippen molar-refractivity contribution in [3.63, 3.8) is 0 Å². The predicted octanol–water partition coefficient (Wildman–Crippen LogP) is 3.27. The SMILES string of the molecule is O=C(C1CC1)N1CC[C@@H](CC2=NNC(O)N2c2ccc(-c3ccc(N4CCCC4=O)cc3)cc2F)C1. The van der Waals surface area contributed by atoms with E-state index < -0.39 is 12.2 Å². The monoisotopic (exact) mass is 491 g/mol. The predicted molar refractivity (Wildman–Crippen MR) is 135 cm³/mol. The number of carbonyl (C=O) groups is 2. The summed E-state index contributed by atoms with van der Waals surface area (Å²) in [6.07, 6.45) is 3.71. The van der Waals surface area contributed by atoms with Crippen LogP contribution in [0.25, 0.3) is 11.1 Å². The molecule has 2 aromatic rings. The van der Waals surface area contributed by atoms with Crippen LogP contribution in [0.1, 0.15) is 38.5 Å². The number of carbonyl (C=O) groups excluding carboxylic acids is 2. The van der Waals surface area contributed by atoms with Crippen LogP contribution in [-0.4, -0.2) is 53.6 Å². The average Bonchev–Trinajstić information content (AvgIpc) is 3.31. The third kappa shape index (κ3) is 4.32. The average molecular weight is 492 g/mol. The van der Waals surface area contributed by atoms with Crippen molar-refractivity contribution < 1.29 is 19.1 Å². The Labute approximate surface area is 209 Å². The van der Waals surface area contributed by atoms with E-state index in [0.29, 0.717) is 30.8 Å². The van der Waals surface area contributed by atoms with Crippen molar-refractivity contribution in [1.29, 1.82) is 0 Å². The topological polar surface area (TPSA) is 88.5 Å². The van der Waals surface area contributed by atoms with Crippen LogP contribution in [0.4, 0.5) is 15.8 Å². The number of benzene rings is 2. The van der Waals surface area contributed by atoms with Crippen LogP contribution in [0.15, 0.2) is 47.6 Å². The lowest BCUT2D eigenvalue weighted by Gasteiger charge is -2.25. The van der Waals surface area contributed by atoms with Gasteiger partial charge in [-0.2, -0.15) is 5.10 Å². The first kappa shape index (κ1) is 23.0. The van der Waals surface area contributed by atoms with Crippen molar-refractivity contribution in [2.75, 3.05) is 29.4 Å². The fraction of sp³-hybridized carbons (Fsp3) is 0.444. The summed E-state index contributed by atoms with van der Waals surface area (Å²) in [5, 5.41) is 14.8. The normalized spacial score (nSPS) is 23.9. The molecule has 1 aliphatic carbocycles. The van der Waals surface area contributed by atoms with E-state index in [2.05, 4.69) is 10.5 Å².